The van der Waals surface area contributed by atoms with Gasteiger partial charge in [-0.1, -0.05) is 0 Å². The number of anilines is 1. The second-order valence-corrected chi connectivity index (χ2v) is 5.44. The van der Waals surface area contributed by atoms with Crippen molar-refractivity contribution in [3.63, 3.8) is 0 Å². The summed E-state index contributed by atoms with van der Waals surface area (Å²) in [5.74, 6) is -0.476. The number of aromatic nitrogens is 2. The van der Waals surface area contributed by atoms with E-state index < -0.39 is 5.97 Å². The van der Waals surface area contributed by atoms with Crippen molar-refractivity contribution < 1.29 is 9.90 Å². The predicted molar refractivity (Wildman–Crippen MR) is 72.7 cm³/mol. The normalized spacial score (nSPS) is 13.3. The lowest BCUT2D eigenvalue weighted by Gasteiger charge is -2.10. The molecule has 2 N–H and O–H groups in total. The Balaban J connectivity index is 1.88. The Bertz CT molecular complexity index is 611. The van der Waals surface area contributed by atoms with Gasteiger partial charge < -0.3 is 10.4 Å². The van der Waals surface area contributed by atoms with Crippen molar-refractivity contribution >= 4 is 23.1 Å². The number of nitrogens with one attached hydrogen (secondary N) is 1. The first kappa shape index (κ1) is 12.1. The van der Waals surface area contributed by atoms with Crippen molar-refractivity contribution in [2.75, 3.05) is 5.32 Å². The summed E-state index contributed by atoms with van der Waals surface area (Å²) >= 11 is 1.53. The van der Waals surface area contributed by atoms with E-state index in [1.54, 1.807) is 17.8 Å². The molecule has 2 heterocycles. The lowest BCUT2D eigenvalue weighted by molar-refractivity contribution is 0.0697. The minimum Gasteiger partial charge on any atom is -0.478 e. The van der Waals surface area contributed by atoms with Crippen LogP contribution in [0.4, 0.5) is 5.82 Å². The maximum Gasteiger partial charge on any atom is 0.339 e. The molecule has 5 nitrogen and oxygen atoms in total. The molecular weight excluding hydrogens is 262 g/mol. The molecule has 1 aliphatic rings. The first-order valence-corrected chi connectivity index (χ1v) is 6.99. The van der Waals surface area contributed by atoms with Crippen LogP contribution in [0.1, 0.15) is 32.9 Å². The molecule has 1 aliphatic carbocycles. The summed E-state index contributed by atoms with van der Waals surface area (Å²) in [6.45, 7) is 0.552. The first-order chi connectivity index (χ1) is 9.24. The topological polar surface area (TPSA) is 75.1 Å². The highest BCUT2D eigenvalue weighted by Gasteiger charge is 2.19. The van der Waals surface area contributed by atoms with Gasteiger partial charge in [-0.2, -0.15) is 0 Å². The van der Waals surface area contributed by atoms with E-state index in [-0.39, 0.29) is 5.56 Å². The van der Waals surface area contributed by atoms with Gasteiger partial charge in [-0.05, 0) is 30.9 Å². The zero-order chi connectivity index (χ0) is 13.2. The highest BCUT2D eigenvalue weighted by molar-refractivity contribution is 7.09. The number of thiazole rings is 1. The molecule has 0 bridgehead atoms. The second-order valence-electron chi connectivity index (χ2n) is 4.47. The standard InChI is InChI=1S/C13H13N3O2S/c17-13(18)10-4-8-2-1-3-11(8)16-12(10)15-6-9-5-14-7-19-9/h4-5,7H,1-3,6H2,(H,15,16)(H,17,18). The van der Waals surface area contributed by atoms with E-state index in [2.05, 4.69) is 15.3 Å². The Hall–Kier alpha value is -1.95. The summed E-state index contributed by atoms with van der Waals surface area (Å²) in [7, 11) is 0. The molecule has 0 amide bonds. The van der Waals surface area contributed by atoms with Crippen LogP contribution in [0.15, 0.2) is 17.8 Å². The summed E-state index contributed by atoms with van der Waals surface area (Å²) < 4.78 is 0. The van der Waals surface area contributed by atoms with E-state index in [1.807, 2.05) is 0 Å². The zero-order valence-corrected chi connectivity index (χ0v) is 11.0. The number of pyridine rings is 1. The van der Waals surface area contributed by atoms with Crippen LogP contribution in [0, 0.1) is 0 Å². The number of carboxylic acid groups (broad SMARTS) is 1. The minimum atomic E-state index is -0.936. The molecule has 0 fully saturated rings. The van der Waals surface area contributed by atoms with Gasteiger partial charge in [-0.25, -0.2) is 9.78 Å². The van der Waals surface area contributed by atoms with Crippen LogP contribution in [-0.4, -0.2) is 21.0 Å². The molecule has 0 radical (unpaired) electrons. The minimum absolute atomic E-state index is 0.255. The van der Waals surface area contributed by atoms with Crippen LogP contribution < -0.4 is 5.32 Å². The quantitative estimate of drug-likeness (QED) is 0.895. The summed E-state index contributed by atoms with van der Waals surface area (Å²) in [4.78, 5) is 20.8. The summed E-state index contributed by atoms with van der Waals surface area (Å²) in [6.07, 6.45) is 4.69. The molecule has 0 unspecified atom stereocenters. The van der Waals surface area contributed by atoms with Gasteiger partial charge >= 0.3 is 5.97 Å². The Morgan fingerprint density at radius 2 is 2.37 bits per heavy atom. The number of hydrogen-bond acceptors (Lipinski definition) is 5. The van der Waals surface area contributed by atoms with Gasteiger partial charge in [-0.3, -0.25) is 4.98 Å². The van der Waals surface area contributed by atoms with E-state index in [0.717, 1.165) is 35.4 Å². The molecule has 19 heavy (non-hydrogen) atoms. The molecule has 0 atom stereocenters. The highest BCUT2D eigenvalue weighted by Crippen LogP contribution is 2.25. The predicted octanol–water partition coefficient (Wildman–Crippen LogP) is 2.34. The number of fused-ring (bicyclic) bond motifs is 1. The van der Waals surface area contributed by atoms with Gasteiger partial charge in [0.05, 0.1) is 12.1 Å². The molecule has 0 saturated carbocycles. The molecule has 3 rings (SSSR count). The number of carbonyl (C=O) groups is 1. The fourth-order valence-corrected chi connectivity index (χ4v) is 2.80. The number of carboxylic acids is 1. The lowest BCUT2D eigenvalue weighted by Crippen LogP contribution is -2.10. The Morgan fingerprint density at radius 3 is 3.11 bits per heavy atom. The summed E-state index contributed by atoms with van der Waals surface area (Å²) in [6, 6.07) is 1.76. The van der Waals surface area contributed by atoms with Gasteiger partial charge in [0.2, 0.25) is 0 Å². The van der Waals surface area contributed by atoms with Crippen molar-refractivity contribution in [1.29, 1.82) is 0 Å². The molecule has 0 spiro atoms. The highest BCUT2D eigenvalue weighted by atomic mass is 32.1. The van der Waals surface area contributed by atoms with Gasteiger partial charge in [0.15, 0.2) is 0 Å². The van der Waals surface area contributed by atoms with Crippen LogP contribution >= 0.6 is 11.3 Å². The number of nitrogens with zero attached hydrogens (tertiary/aromatic N) is 2. The Labute approximate surface area is 114 Å². The molecule has 6 heteroatoms. The zero-order valence-electron chi connectivity index (χ0n) is 10.2. The fraction of sp³-hybridized carbons (Fsp3) is 0.308. The van der Waals surface area contributed by atoms with Crippen molar-refractivity contribution in [3.05, 3.63) is 39.5 Å². The molecule has 2 aromatic rings. The fourth-order valence-electron chi connectivity index (χ4n) is 2.27. The van der Waals surface area contributed by atoms with E-state index >= 15 is 0 Å². The van der Waals surface area contributed by atoms with Crippen molar-refractivity contribution in [2.24, 2.45) is 0 Å². The molecule has 0 aromatic carbocycles. The smallest absolute Gasteiger partial charge is 0.339 e. The van der Waals surface area contributed by atoms with Crippen molar-refractivity contribution in [2.45, 2.75) is 25.8 Å². The molecule has 0 aliphatic heterocycles. The van der Waals surface area contributed by atoms with Crippen LogP contribution in [0.5, 0.6) is 0 Å². The second kappa shape index (κ2) is 4.97. The van der Waals surface area contributed by atoms with E-state index in [9.17, 15) is 9.90 Å². The van der Waals surface area contributed by atoms with Gasteiger partial charge in [0.1, 0.15) is 11.4 Å². The van der Waals surface area contributed by atoms with Gasteiger partial charge in [0.25, 0.3) is 0 Å². The Kier molecular flexibility index (Phi) is 3.16. The first-order valence-electron chi connectivity index (χ1n) is 6.11. The maximum absolute atomic E-state index is 11.3. The van der Waals surface area contributed by atoms with E-state index in [4.69, 9.17) is 0 Å². The summed E-state index contributed by atoms with van der Waals surface area (Å²) in [5, 5.41) is 12.4. The van der Waals surface area contributed by atoms with Crippen LogP contribution in [-0.2, 0) is 19.4 Å². The SMILES string of the molecule is O=C(O)c1cc2c(nc1NCc1cncs1)CCC2. The number of aryl methyl sites for hydroxylation is 2. The van der Waals surface area contributed by atoms with E-state index in [0.29, 0.717) is 12.4 Å². The maximum atomic E-state index is 11.3. The van der Waals surface area contributed by atoms with Gasteiger partial charge in [0, 0.05) is 16.8 Å². The van der Waals surface area contributed by atoms with Crippen molar-refractivity contribution in [1.82, 2.24) is 9.97 Å². The van der Waals surface area contributed by atoms with Crippen LogP contribution in [0.3, 0.4) is 0 Å². The third-order valence-electron chi connectivity index (χ3n) is 3.19. The molecule has 0 saturated heterocycles. The van der Waals surface area contributed by atoms with E-state index in [1.165, 1.54) is 11.3 Å². The largest absolute Gasteiger partial charge is 0.478 e. The van der Waals surface area contributed by atoms with Crippen molar-refractivity contribution in [3.8, 4) is 0 Å². The van der Waals surface area contributed by atoms with Crippen LogP contribution in [0.2, 0.25) is 0 Å². The number of rotatable bonds is 4. The van der Waals surface area contributed by atoms with Gasteiger partial charge in [-0.15, -0.1) is 11.3 Å². The lowest BCUT2D eigenvalue weighted by atomic mass is 10.1. The molecular formula is C13H13N3O2S. The third-order valence-corrected chi connectivity index (χ3v) is 3.97. The molecule has 2 aromatic heterocycles. The number of hydrogen-bond donors (Lipinski definition) is 2. The Morgan fingerprint density at radius 1 is 1.47 bits per heavy atom. The average Bonchev–Trinajstić information content (AvgIpc) is 3.05. The van der Waals surface area contributed by atoms with Crippen LogP contribution in [0.25, 0.3) is 0 Å². The third kappa shape index (κ3) is 2.44. The monoisotopic (exact) mass is 275 g/mol. The average molecular weight is 275 g/mol. The molecule has 98 valence electrons. The number of aromatic carboxylic acids is 1. The summed E-state index contributed by atoms with van der Waals surface area (Å²) in [5.41, 5.74) is 4.10.